The lowest BCUT2D eigenvalue weighted by Crippen LogP contribution is -2.51. The third-order valence-electron chi connectivity index (χ3n) is 2.55. The molecule has 0 aliphatic carbocycles. The molecule has 2 amide bonds. The van der Waals surface area contributed by atoms with Gasteiger partial charge in [-0.15, -0.1) is 0 Å². The molecule has 0 radical (unpaired) electrons. The van der Waals surface area contributed by atoms with Crippen molar-refractivity contribution in [1.82, 2.24) is 10.8 Å². The molecule has 0 atom stereocenters. The predicted octanol–water partition coefficient (Wildman–Crippen LogP) is -0.372. The molecule has 0 unspecified atom stereocenters. The Kier molecular flexibility index (Phi) is 3.36. The molecule has 1 saturated heterocycles. The summed E-state index contributed by atoms with van der Waals surface area (Å²) in [4.78, 5) is 24.3. The van der Waals surface area contributed by atoms with E-state index in [0.717, 1.165) is 11.3 Å². The lowest BCUT2D eigenvalue weighted by Gasteiger charge is -2.29. The first kappa shape index (κ1) is 11.6. The summed E-state index contributed by atoms with van der Waals surface area (Å²) in [5.41, 5.74) is 3.68. The van der Waals surface area contributed by atoms with E-state index in [-0.39, 0.29) is 31.4 Å². The standard InChI is InChI=1S/C11H13N3O3/c15-10-6-14(7-11(16)13-10)9-4-2-1-3-8(9)5-12-17/h1-4,12,17H,5-7H2,(H,13,15,16). The van der Waals surface area contributed by atoms with E-state index in [9.17, 15) is 9.59 Å². The van der Waals surface area contributed by atoms with E-state index < -0.39 is 0 Å². The fourth-order valence-electron chi connectivity index (χ4n) is 1.86. The van der Waals surface area contributed by atoms with Gasteiger partial charge < -0.3 is 10.1 Å². The first-order valence-corrected chi connectivity index (χ1v) is 5.23. The molecule has 1 aromatic carbocycles. The molecule has 3 N–H and O–H groups in total. The lowest BCUT2D eigenvalue weighted by atomic mass is 10.1. The van der Waals surface area contributed by atoms with Crippen LogP contribution >= 0.6 is 0 Å². The van der Waals surface area contributed by atoms with Crippen molar-refractivity contribution in [3.8, 4) is 0 Å². The van der Waals surface area contributed by atoms with Crippen LogP contribution in [0, 0.1) is 0 Å². The van der Waals surface area contributed by atoms with Crippen LogP contribution in [0.3, 0.4) is 0 Å². The van der Waals surface area contributed by atoms with E-state index >= 15 is 0 Å². The Labute approximate surface area is 98.2 Å². The summed E-state index contributed by atoms with van der Waals surface area (Å²) in [6, 6.07) is 7.31. The minimum Gasteiger partial charge on any atom is -0.353 e. The molecule has 90 valence electrons. The number of carbonyl (C=O) groups is 2. The zero-order valence-corrected chi connectivity index (χ0v) is 9.14. The number of benzene rings is 1. The van der Waals surface area contributed by atoms with Gasteiger partial charge in [0.2, 0.25) is 11.8 Å². The van der Waals surface area contributed by atoms with Gasteiger partial charge in [0.25, 0.3) is 0 Å². The van der Waals surface area contributed by atoms with E-state index in [1.54, 1.807) is 4.90 Å². The van der Waals surface area contributed by atoms with Crippen LogP contribution in [0.1, 0.15) is 5.56 Å². The molecule has 0 saturated carbocycles. The molecule has 2 rings (SSSR count). The number of hydrogen-bond donors (Lipinski definition) is 3. The number of imide groups is 1. The number of hydroxylamine groups is 1. The zero-order chi connectivity index (χ0) is 12.3. The van der Waals surface area contributed by atoms with Crippen molar-refractivity contribution < 1.29 is 14.8 Å². The van der Waals surface area contributed by atoms with Crippen LogP contribution in [0.5, 0.6) is 0 Å². The van der Waals surface area contributed by atoms with Crippen molar-refractivity contribution in [3.05, 3.63) is 29.8 Å². The third-order valence-corrected chi connectivity index (χ3v) is 2.55. The number of anilines is 1. The van der Waals surface area contributed by atoms with Gasteiger partial charge in [-0.3, -0.25) is 14.9 Å². The average molecular weight is 235 g/mol. The van der Waals surface area contributed by atoms with Gasteiger partial charge in [-0.05, 0) is 11.6 Å². The Morgan fingerprint density at radius 2 is 1.88 bits per heavy atom. The second kappa shape index (κ2) is 4.94. The minimum absolute atomic E-state index is 0.147. The molecule has 17 heavy (non-hydrogen) atoms. The molecule has 6 nitrogen and oxygen atoms in total. The highest BCUT2D eigenvalue weighted by Gasteiger charge is 2.23. The summed E-state index contributed by atoms with van der Waals surface area (Å²) in [6.45, 7) is 0.560. The molecule has 0 aromatic heterocycles. The minimum atomic E-state index is -0.312. The molecule has 1 heterocycles. The highest BCUT2D eigenvalue weighted by Crippen LogP contribution is 2.20. The Morgan fingerprint density at radius 3 is 2.53 bits per heavy atom. The summed E-state index contributed by atoms with van der Waals surface area (Å²) >= 11 is 0. The van der Waals surface area contributed by atoms with Crippen LogP contribution in [0.25, 0.3) is 0 Å². The Hall–Kier alpha value is -1.92. The van der Waals surface area contributed by atoms with Gasteiger partial charge in [-0.1, -0.05) is 18.2 Å². The maximum atomic E-state index is 11.3. The van der Waals surface area contributed by atoms with E-state index in [2.05, 4.69) is 10.8 Å². The van der Waals surface area contributed by atoms with E-state index in [0.29, 0.717) is 0 Å². The molecule has 1 aromatic rings. The van der Waals surface area contributed by atoms with Crippen molar-refractivity contribution in [1.29, 1.82) is 0 Å². The topological polar surface area (TPSA) is 81.7 Å². The Bertz CT molecular complexity index is 431. The van der Waals surface area contributed by atoms with Crippen LogP contribution in [0.2, 0.25) is 0 Å². The molecule has 0 bridgehead atoms. The van der Waals surface area contributed by atoms with E-state index in [1.165, 1.54) is 0 Å². The normalized spacial score (nSPS) is 15.9. The molecule has 1 aliphatic rings. The fraction of sp³-hybridized carbons (Fsp3) is 0.273. The number of para-hydroxylation sites is 1. The molecule has 1 aliphatic heterocycles. The maximum Gasteiger partial charge on any atom is 0.246 e. The summed E-state index contributed by atoms with van der Waals surface area (Å²) in [7, 11) is 0. The first-order chi connectivity index (χ1) is 8.20. The summed E-state index contributed by atoms with van der Waals surface area (Å²) in [6.07, 6.45) is 0. The second-order valence-corrected chi connectivity index (χ2v) is 3.79. The SMILES string of the molecule is O=C1CN(c2ccccc2CNO)CC(=O)N1. The zero-order valence-electron chi connectivity index (χ0n) is 9.14. The molecule has 6 heteroatoms. The summed E-state index contributed by atoms with van der Waals surface area (Å²) in [5, 5.41) is 11.0. The molecule has 1 fully saturated rings. The van der Waals surface area contributed by atoms with Gasteiger partial charge in [0.05, 0.1) is 13.1 Å². The number of carbonyl (C=O) groups excluding carboxylic acids is 2. The smallest absolute Gasteiger partial charge is 0.246 e. The quantitative estimate of drug-likeness (QED) is 0.492. The van der Waals surface area contributed by atoms with Crippen molar-refractivity contribution >= 4 is 17.5 Å². The van der Waals surface area contributed by atoms with Crippen LogP contribution in [-0.2, 0) is 16.1 Å². The highest BCUT2D eigenvalue weighted by atomic mass is 16.5. The van der Waals surface area contributed by atoms with Crippen LogP contribution in [-0.4, -0.2) is 30.1 Å². The summed E-state index contributed by atoms with van der Waals surface area (Å²) in [5.74, 6) is -0.624. The second-order valence-electron chi connectivity index (χ2n) is 3.79. The average Bonchev–Trinajstić information content (AvgIpc) is 2.29. The van der Waals surface area contributed by atoms with Gasteiger partial charge in [-0.2, -0.15) is 0 Å². The van der Waals surface area contributed by atoms with Crippen LogP contribution in [0.15, 0.2) is 24.3 Å². The number of nitrogens with one attached hydrogen (secondary N) is 2. The Balaban J connectivity index is 2.26. The number of nitrogens with zero attached hydrogens (tertiary/aromatic N) is 1. The van der Waals surface area contributed by atoms with Gasteiger partial charge in [0, 0.05) is 12.2 Å². The number of rotatable bonds is 3. The van der Waals surface area contributed by atoms with Crippen molar-refractivity contribution in [2.24, 2.45) is 0 Å². The number of piperazine rings is 1. The molecular formula is C11H13N3O3. The van der Waals surface area contributed by atoms with E-state index in [1.807, 2.05) is 24.3 Å². The van der Waals surface area contributed by atoms with Crippen LogP contribution < -0.4 is 15.7 Å². The van der Waals surface area contributed by atoms with Gasteiger partial charge in [0.15, 0.2) is 0 Å². The van der Waals surface area contributed by atoms with Crippen LogP contribution in [0.4, 0.5) is 5.69 Å². The van der Waals surface area contributed by atoms with Gasteiger partial charge in [0.1, 0.15) is 0 Å². The predicted molar refractivity (Wildman–Crippen MR) is 60.4 cm³/mol. The maximum absolute atomic E-state index is 11.3. The fourth-order valence-corrected chi connectivity index (χ4v) is 1.86. The summed E-state index contributed by atoms with van der Waals surface area (Å²) < 4.78 is 0. The number of amides is 2. The first-order valence-electron chi connectivity index (χ1n) is 5.23. The van der Waals surface area contributed by atoms with Gasteiger partial charge >= 0.3 is 0 Å². The van der Waals surface area contributed by atoms with Crippen molar-refractivity contribution in [2.75, 3.05) is 18.0 Å². The van der Waals surface area contributed by atoms with Crippen molar-refractivity contribution in [2.45, 2.75) is 6.54 Å². The largest absolute Gasteiger partial charge is 0.353 e. The van der Waals surface area contributed by atoms with E-state index in [4.69, 9.17) is 5.21 Å². The number of hydrogen-bond acceptors (Lipinski definition) is 5. The third kappa shape index (κ3) is 2.61. The highest BCUT2D eigenvalue weighted by molar-refractivity contribution is 6.02. The lowest BCUT2D eigenvalue weighted by molar-refractivity contribution is -0.130. The van der Waals surface area contributed by atoms with Crippen molar-refractivity contribution in [3.63, 3.8) is 0 Å². The molecule has 0 spiro atoms. The molecular weight excluding hydrogens is 222 g/mol. The Morgan fingerprint density at radius 1 is 1.24 bits per heavy atom. The monoisotopic (exact) mass is 235 g/mol. The van der Waals surface area contributed by atoms with Gasteiger partial charge in [-0.25, -0.2) is 5.48 Å².